The minimum Gasteiger partial charge on any atom is -0.549 e. The van der Waals surface area contributed by atoms with Gasteiger partial charge < -0.3 is 9.90 Å². The van der Waals surface area contributed by atoms with E-state index in [0.717, 1.165) is 18.4 Å². The third-order valence-corrected chi connectivity index (χ3v) is 5.85. The highest BCUT2D eigenvalue weighted by molar-refractivity contribution is 9.12. The van der Waals surface area contributed by atoms with Crippen molar-refractivity contribution in [3.63, 3.8) is 0 Å². The van der Waals surface area contributed by atoms with E-state index in [-0.39, 0.29) is 4.83 Å². The van der Waals surface area contributed by atoms with Gasteiger partial charge in [-0.3, -0.25) is 0 Å². The van der Waals surface area contributed by atoms with Crippen LogP contribution >= 0.6 is 31.9 Å². The van der Waals surface area contributed by atoms with Gasteiger partial charge in [0, 0.05) is 0 Å². The van der Waals surface area contributed by atoms with Crippen LogP contribution in [0.25, 0.3) is 0 Å². The first-order chi connectivity index (χ1) is 8.11. The van der Waals surface area contributed by atoms with Crippen LogP contribution in [0.5, 0.6) is 0 Å². The predicted octanol–water partition coefficient (Wildman–Crippen LogP) is 2.51. The van der Waals surface area contributed by atoms with E-state index in [1.54, 1.807) is 0 Å². The van der Waals surface area contributed by atoms with E-state index in [0.29, 0.717) is 0 Å². The zero-order valence-electron chi connectivity index (χ0n) is 9.29. The normalized spacial score (nSPS) is 18.2. The molecule has 2 unspecified atom stereocenters. The van der Waals surface area contributed by atoms with Gasteiger partial charge in [0.2, 0.25) is 0 Å². The number of hydrogen-bond acceptors (Lipinski definition) is 2. The van der Waals surface area contributed by atoms with Gasteiger partial charge in [-0.2, -0.15) is 0 Å². The molecule has 0 saturated carbocycles. The van der Waals surface area contributed by atoms with Gasteiger partial charge in [-0.25, -0.2) is 0 Å². The Morgan fingerprint density at radius 3 is 2.65 bits per heavy atom. The summed E-state index contributed by atoms with van der Waals surface area (Å²) in [6.45, 7) is 0. The van der Waals surface area contributed by atoms with Crippen molar-refractivity contribution in [1.82, 2.24) is 0 Å². The van der Waals surface area contributed by atoms with Crippen LogP contribution < -0.4 is 5.11 Å². The van der Waals surface area contributed by atoms with Crippen LogP contribution in [-0.4, -0.2) is 10.8 Å². The molecule has 0 radical (unpaired) electrons. The lowest BCUT2D eigenvalue weighted by Crippen LogP contribution is -2.34. The fourth-order valence-corrected chi connectivity index (χ4v) is 3.28. The van der Waals surface area contributed by atoms with E-state index < -0.39 is 10.8 Å². The first-order valence-electron chi connectivity index (χ1n) is 5.71. The van der Waals surface area contributed by atoms with Crippen molar-refractivity contribution in [2.75, 3.05) is 0 Å². The maximum Gasteiger partial charge on any atom is 0.0707 e. The van der Waals surface area contributed by atoms with Gasteiger partial charge in [0.15, 0.2) is 0 Å². The predicted molar refractivity (Wildman–Crippen MR) is 72.5 cm³/mol. The summed E-state index contributed by atoms with van der Waals surface area (Å²) in [6, 6.07) is 6.14. The number of aryl methyl sites for hydroxylation is 1. The van der Waals surface area contributed by atoms with Crippen LogP contribution in [0, 0.1) is 0 Å². The van der Waals surface area contributed by atoms with Crippen LogP contribution in [0.3, 0.4) is 0 Å². The Morgan fingerprint density at radius 1 is 1.24 bits per heavy atom. The Balaban J connectivity index is 2.35. The van der Waals surface area contributed by atoms with Gasteiger partial charge in [-0.15, -0.1) is 0 Å². The molecule has 0 aromatic heterocycles. The Morgan fingerprint density at radius 2 is 1.94 bits per heavy atom. The van der Waals surface area contributed by atoms with E-state index in [1.165, 1.54) is 24.0 Å². The van der Waals surface area contributed by atoms with Crippen LogP contribution in [0.1, 0.15) is 34.4 Å². The van der Waals surface area contributed by atoms with Crippen molar-refractivity contribution in [2.24, 2.45) is 0 Å². The SMILES string of the molecule is O=C([O-])C(Br)C(Br)c1cccc2c1CCCC2. The summed E-state index contributed by atoms with van der Waals surface area (Å²) in [5.74, 6) is -1.08. The Hall–Kier alpha value is -0.350. The summed E-state index contributed by atoms with van der Waals surface area (Å²) in [6.07, 6.45) is 4.55. The smallest absolute Gasteiger partial charge is 0.0707 e. The standard InChI is InChI=1S/C13H14Br2O2/c14-11(12(15)13(16)17)10-7-3-5-8-4-1-2-6-9(8)10/h3,5,7,11-12H,1-2,4,6H2,(H,16,17)/p-1. The molecule has 0 heterocycles. The largest absolute Gasteiger partial charge is 0.549 e. The lowest BCUT2D eigenvalue weighted by Gasteiger charge is -2.25. The summed E-state index contributed by atoms with van der Waals surface area (Å²) < 4.78 is 0. The lowest BCUT2D eigenvalue weighted by molar-refractivity contribution is -0.304. The number of rotatable bonds is 3. The first-order valence-corrected chi connectivity index (χ1v) is 7.54. The molecule has 2 nitrogen and oxygen atoms in total. The Kier molecular flexibility index (Phi) is 4.26. The number of aliphatic carboxylic acids is 1. The van der Waals surface area contributed by atoms with E-state index in [2.05, 4.69) is 37.9 Å². The van der Waals surface area contributed by atoms with Gasteiger partial charge in [-0.1, -0.05) is 50.1 Å². The van der Waals surface area contributed by atoms with Crippen molar-refractivity contribution >= 4 is 37.8 Å². The topological polar surface area (TPSA) is 40.1 Å². The zero-order chi connectivity index (χ0) is 12.4. The van der Waals surface area contributed by atoms with Crippen molar-refractivity contribution in [2.45, 2.75) is 35.3 Å². The number of halogens is 2. The second-order valence-corrected chi connectivity index (χ2v) is 6.29. The number of carbonyl (C=O) groups excluding carboxylic acids is 1. The number of alkyl halides is 2. The monoisotopic (exact) mass is 359 g/mol. The molecule has 17 heavy (non-hydrogen) atoms. The summed E-state index contributed by atoms with van der Waals surface area (Å²) in [5, 5.41) is 10.9. The molecule has 1 aliphatic carbocycles. The third-order valence-electron chi connectivity index (χ3n) is 3.21. The third kappa shape index (κ3) is 2.74. The van der Waals surface area contributed by atoms with Gasteiger partial charge in [-0.05, 0) is 42.4 Å². The molecule has 0 saturated heterocycles. The lowest BCUT2D eigenvalue weighted by atomic mass is 9.87. The average Bonchev–Trinajstić information content (AvgIpc) is 2.36. The molecule has 0 fully saturated rings. The minimum atomic E-state index is -1.08. The second kappa shape index (κ2) is 5.53. The van der Waals surface area contributed by atoms with Crippen LogP contribution in [0.4, 0.5) is 0 Å². The molecule has 1 aromatic rings. The highest BCUT2D eigenvalue weighted by Gasteiger charge is 2.23. The summed E-state index contributed by atoms with van der Waals surface area (Å²) >= 11 is 6.63. The van der Waals surface area contributed by atoms with E-state index in [4.69, 9.17) is 0 Å². The maximum absolute atomic E-state index is 10.9. The zero-order valence-corrected chi connectivity index (χ0v) is 12.5. The maximum atomic E-state index is 10.9. The van der Waals surface area contributed by atoms with Crippen LogP contribution in [0.15, 0.2) is 18.2 Å². The van der Waals surface area contributed by atoms with Gasteiger partial charge >= 0.3 is 0 Å². The number of carboxylic acids is 1. The molecule has 0 N–H and O–H groups in total. The fourth-order valence-electron chi connectivity index (χ4n) is 2.35. The summed E-state index contributed by atoms with van der Waals surface area (Å²) in [5.41, 5.74) is 3.75. The first kappa shape index (κ1) is 13.1. The average molecular weight is 361 g/mol. The van der Waals surface area contributed by atoms with Crippen molar-refractivity contribution in [1.29, 1.82) is 0 Å². The van der Waals surface area contributed by atoms with Crippen molar-refractivity contribution in [3.05, 3.63) is 34.9 Å². The molecule has 92 valence electrons. The van der Waals surface area contributed by atoms with Gasteiger partial charge in [0.25, 0.3) is 0 Å². The number of hydrogen-bond donors (Lipinski definition) is 0. The van der Waals surface area contributed by atoms with Crippen molar-refractivity contribution in [3.8, 4) is 0 Å². The van der Waals surface area contributed by atoms with E-state index >= 15 is 0 Å². The quantitative estimate of drug-likeness (QED) is 0.777. The molecule has 0 bridgehead atoms. The molecule has 2 rings (SSSR count). The van der Waals surface area contributed by atoms with Crippen LogP contribution in [-0.2, 0) is 17.6 Å². The number of carbonyl (C=O) groups is 1. The van der Waals surface area contributed by atoms with E-state index in [1.807, 2.05) is 12.1 Å². The molecule has 1 aromatic carbocycles. The minimum absolute atomic E-state index is 0.236. The van der Waals surface area contributed by atoms with Gasteiger partial charge in [0.1, 0.15) is 0 Å². The number of benzene rings is 1. The Bertz CT molecular complexity index is 431. The summed E-state index contributed by atoms with van der Waals surface area (Å²) in [7, 11) is 0. The molecule has 0 amide bonds. The number of carboxylic acid groups (broad SMARTS) is 1. The molecule has 0 aliphatic heterocycles. The fraction of sp³-hybridized carbons (Fsp3) is 0.462. The Labute approximate surface area is 118 Å². The number of fused-ring (bicyclic) bond motifs is 1. The van der Waals surface area contributed by atoms with Crippen molar-refractivity contribution < 1.29 is 9.90 Å². The molecule has 1 aliphatic rings. The second-order valence-electron chi connectivity index (χ2n) is 4.31. The highest BCUT2D eigenvalue weighted by atomic mass is 79.9. The highest BCUT2D eigenvalue weighted by Crippen LogP contribution is 2.36. The molecular weight excluding hydrogens is 348 g/mol. The molecular formula is C13H13Br2O2-. The molecule has 4 heteroatoms. The van der Waals surface area contributed by atoms with Crippen LogP contribution in [0.2, 0.25) is 0 Å². The van der Waals surface area contributed by atoms with E-state index in [9.17, 15) is 9.90 Å². The summed E-state index contributed by atoms with van der Waals surface area (Å²) in [4.78, 5) is 9.96. The van der Waals surface area contributed by atoms with Gasteiger partial charge in [0.05, 0.1) is 15.6 Å². The molecule has 0 spiro atoms. The molecule has 2 atom stereocenters.